The van der Waals surface area contributed by atoms with Gasteiger partial charge >= 0.3 is 287 Å². The number of rotatable bonds is 3. The summed E-state index contributed by atoms with van der Waals surface area (Å²) in [5, 5.41) is 1.86. The Morgan fingerprint density at radius 2 is 1.49 bits per heavy atom. The van der Waals surface area contributed by atoms with E-state index in [9.17, 15) is 0 Å². The fourth-order valence-electron chi connectivity index (χ4n) is 6.32. The molecular weight excluding hydrogens is 874 g/mol. The van der Waals surface area contributed by atoms with Crippen molar-refractivity contribution in [3.8, 4) is 33.6 Å². The van der Waals surface area contributed by atoms with E-state index in [-0.39, 0.29) is 31.2 Å². The van der Waals surface area contributed by atoms with E-state index < -0.39 is 40.2 Å². The van der Waals surface area contributed by atoms with E-state index in [4.69, 9.17) is 12.6 Å². The van der Waals surface area contributed by atoms with Gasteiger partial charge in [-0.15, -0.1) is 0 Å². The number of fused-ring (bicyclic) bond motifs is 7. The van der Waals surface area contributed by atoms with Crippen LogP contribution >= 0.6 is 0 Å². The van der Waals surface area contributed by atoms with E-state index in [0.29, 0.717) is 16.8 Å². The Kier molecular flexibility index (Phi) is 7.35. The quantitative estimate of drug-likeness (QED) is 0.131. The third kappa shape index (κ3) is 6.10. The second kappa shape index (κ2) is 13.0. The van der Waals surface area contributed by atoms with E-state index in [2.05, 4.69) is 99.4 Å². The summed E-state index contributed by atoms with van der Waals surface area (Å²) < 4.78 is 57.8. The zero-order valence-corrected chi connectivity index (χ0v) is 33.5. The average Bonchev–Trinajstić information content (AvgIpc) is 3.60. The van der Waals surface area contributed by atoms with Crippen molar-refractivity contribution in [1.29, 1.82) is 0 Å². The van der Waals surface area contributed by atoms with E-state index >= 15 is 0 Å². The summed E-state index contributed by atoms with van der Waals surface area (Å²) in [5.74, 6) is 11.9. The molecule has 0 spiro atoms. The molecule has 6 heteroatoms. The van der Waals surface area contributed by atoms with Crippen LogP contribution in [0.25, 0.3) is 55.6 Å². The van der Waals surface area contributed by atoms with Gasteiger partial charge in [0.05, 0.1) is 0 Å². The van der Waals surface area contributed by atoms with Crippen molar-refractivity contribution < 1.29 is 32.7 Å². The SMILES string of the molecule is [2H]C([2H])([2H])c1cnc(-c2[c-]ccc3c2oc2c4[c](ccc23)[Ge]([CH3])([CH3])[c]2ccccc2-4)cc1C([2H])([2H])[2H].[CH3][Ge]([CH3])([CH3])[c]1ccc(-c2[c-]cccc2)nc1.[Ir]. The Morgan fingerprint density at radius 3 is 2.21 bits per heavy atom. The van der Waals surface area contributed by atoms with Crippen molar-refractivity contribution in [3.63, 3.8) is 0 Å². The van der Waals surface area contributed by atoms with E-state index in [1.54, 1.807) is 6.07 Å². The zero-order chi connectivity index (χ0) is 37.2. The monoisotopic (exact) mass is 921 g/mol. The molecule has 3 nitrogen and oxygen atoms in total. The van der Waals surface area contributed by atoms with Gasteiger partial charge in [-0.25, -0.2) is 0 Å². The van der Waals surface area contributed by atoms with Crippen LogP contribution in [0.1, 0.15) is 19.4 Å². The number of benzene rings is 4. The molecule has 4 heterocycles. The molecule has 1 radical (unpaired) electrons. The molecule has 1 aliphatic rings. The first kappa shape index (κ1) is 26.6. The molecule has 0 fully saturated rings. The minimum Gasteiger partial charge on any atom is 0 e. The van der Waals surface area contributed by atoms with Gasteiger partial charge in [-0.2, -0.15) is 0 Å². The Morgan fingerprint density at radius 1 is 0.723 bits per heavy atom. The van der Waals surface area contributed by atoms with Gasteiger partial charge in [-0.3, -0.25) is 0 Å². The van der Waals surface area contributed by atoms with Crippen LogP contribution in [0.3, 0.4) is 0 Å². The molecule has 237 valence electrons. The summed E-state index contributed by atoms with van der Waals surface area (Å²) in [6.07, 6.45) is 3.18. The molecule has 4 aromatic carbocycles. The maximum atomic E-state index is 7.92. The van der Waals surface area contributed by atoms with Gasteiger partial charge in [0, 0.05) is 20.1 Å². The van der Waals surface area contributed by atoms with E-state index in [1.807, 2.05) is 36.5 Å². The second-order valence-corrected chi connectivity index (χ2v) is 33.0. The van der Waals surface area contributed by atoms with Gasteiger partial charge in [0.25, 0.3) is 0 Å². The first-order valence-corrected chi connectivity index (χ1v) is 29.1. The van der Waals surface area contributed by atoms with Crippen molar-refractivity contribution >= 4 is 61.7 Å². The third-order valence-electron chi connectivity index (χ3n) is 8.92. The van der Waals surface area contributed by atoms with Gasteiger partial charge in [0.1, 0.15) is 0 Å². The molecule has 0 amide bonds. The zero-order valence-electron chi connectivity index (χ0n) is 33.0. The van der Waals surface area contributed by atoms with Gasteiger partial charge in [-0.1, -0.05) is 0 Å². The number of aryl methyl sites for hydroxylation is 2. The van der Waals surface area contributed by atoms with Crippen LogP contribution in [0.5, 0.6) is 0 Å². The summed E-state index contributed by atoms with van der Waals surface area (Å²) in [4.78, 5) is 8.88. The molecule has 0 unspecified atom stereocenters. The summed E-state index contributed by atoms with van der Waals surface area (Å²) in [5.41, 5.74) is 6.11. The van der Waals surface area contributed by atoms with Gasteiger partial charge in [0.15, 0.2) is 0 Å². The molecule has 0 bridgehead atoms. The second-order valence-electron chi connectivity index (χ2n) is 13.3. The topological polar surface area (TPSA) is 38.9 Å². The van der Waals surface area contributed by atoms with Crippen LogP contribution in [0.4, 0.5) is 0 Å². The first-order valence-electron chi connectivity index (χ1n) is 18.4. The van der Waals surface area contributed by atoms with Crippen molar-refractivity contribution in [3.05, 3.63) is 127 Å². The van der Waals surface area contributed by atoms with Gasteiger partial charge in [0.2, 0.25) is 0 Å². The standard InChI is InChI=1S/C27H22GeNO.C14H16GeN.Ir/c1-16-14-24(29-15-17(16)2)21-10-7-9-18-19-12-13-23-25(27(19)30-26(18)21)20-8-5-6-11-22(20)28(23,3)4;1-15(2,3)13-9-10-14(16-11-13)12-7-5-4-6-8-12;/h5-9,11-15H,1-4H3;4-7,9-11H,1-3H3;/q2*-1;/i1D3,2D3;;. The predicted octanol–water partition coefficient (Wildman–Crippen LogP) is 8.96. The Hall–Kier alpha value is -3.28. The maximum Gasteiger partial charge on any atom is 0 e. The Bertz CT molecular complexity index is 2450. The summed E-state index contributed by atoms with van der Waals surface area (Å²) >= 11 is -4.19. The summed E-state index contributed by atoms with van der Waals surface area (Å²) in [6.45, 7) is -5.19. The van der Waals surface area contributed by atoms with Crippen LogP contribution in [-0.2, 0) is 20.1 Å². The number of pyridine rings is 2. The van der Waals surface area contributed by atoms with E-state index in [1.165, 1.54) is 24.8 Å². The largest absolute Gasteiger partial charge is 0 e. The molecule has 8 rings (SSSR count). The molecule has 0 saturated carbocycles. The maximum absolute atomic E-state index is 7.92. The van der Waals surface area contributed by atoms with Crippen LogP contribution in [0.2, 0.25) is 28.8 Å². The number of aromatic nitrogens is 2. The van der Waals surface area contributed by atoms with E-state index in [0.717, 1.165) is 39.4 Å². The fraction of sp³-hybridized carbons (Fsp3) is 0.171. The van der Waals surface area contributed by atoms with Crippen molar-refractivity contribution in [2.24, 2.45) is 0 Å². The minimum absolute atomic E-state index is 0. The predicted molar refractivity (Wildman–Crippen MR) is 199 cm³/mol. The molecule has 47 heavy (non-hydrogen) atoms. The normalized spacial score (nSPS) is 15.4. The van der Waals surface area contributed by atoms with Crippen LogP contribution < -0.4 is 13.2 Å². The van der Waals surface area contributed by atoms with Crippen LogP contribution in [0, 0.1) is 25.8 Å². The smallest absolute Gasteiger partial charge is 0 e. The molecule has 0 atom stereocenters. The van der Waals surface area contributed by atoms with Gasteiger partial charge < -0.3 is 0 Å². The van der Waals surface area contributed by atoms with Crippen molar-refractivity contribution in [1.82, 2.24) is 9.97 Å². The molecule has 0 aliphatic carbocycles. The summed E-state index contributed by atoms with van der Waals surface area (Å²) in [7, 11) is 0. The average molecular weight is 918 g/mol. The Balaban J connectivity index is 0.000000238. The summed E-state index contributed by atoms with van der Waals surface area (Å²) in [6, 6.07) is 36.6. The number of hydrogen-bond acceptors (Lipinski definition) is 3. The number of hydrogen-bond donors (Lipinski definition) is 0. The minimum atomic E-state index is -2.61. The molecule has 3 aromatic heterocycles. The molecular formula is C41H38Ge2IrN2O-2. The van der Waals surface area contributed by atoms with Gasteiger partial charge in [-0.05, 0) is 0 Å². The number of furan rings is 1. The fourth-order valence-corrected chi connectivity index (χ4v) is 14.9. The molecule has 0 saturated heterocycles. The third-order valence-corrected chi connectivity index (χ3v) is 20.6. The van der Waals surface area contributed by atoms with Crippen molar-refractivity contribution in [2.75, 3.05) is 0 Å². The molecule has 0 N–H and O–H groups in total. The molecule has 1 aliphatic heterocycles. The molecule has 7 aromatic rings. The number of nitrogens with zero attached hydrogens (tertiary/aromatic N) is 2. The first-order chi connectivity index (χ1) is 24.5. The van der Waals surface area contributed by atoms with Crippen molar-refractivity contribution in [2.45, 2.75) is 42.5 Å². The Labute approximate surface area is 305 Å². The van der Waals surface area contributed by atoms with Crippen LogP contribution in [0.15, 0.2) is 108 Å². The van der Waals surface area contributed by atoms with Crippen LogP contribution in [-0.4, -0.2) is 36.5 Å².